The molecule has 0 saturated carbocycles. The smallest absolute Gasteiger partial charge is 0.271 e. The Morgan fingerprint density at radius 2 is 1.95 bits per heavy atom. The van der Waals surface area contributed by atoms with E-state index in [-0.39, 0.29) is 10.6 Å². The first-order valence-electron chi connectivity index (χ1n) is 6.30. The lowest BCUT2D eigenvalue weighted by Gasteiger charge is -2.19. The Hall–Kier alpha value is -2.36. The second-order valence-electron chi connectivity index (χ2n) is 4.73. The summed E-state index contributed by atoms with van der Waals surface area (Å²) in [5.74, 6) is 0. The van der Waals surface area contributed by atoms with E-state index in [1.165, 1.54) is 11.1 Å². The third-order valence-electron chi connectivity index (χ3n) is 3.49. The van der Waals surface area contributed by atoms with Crippen molar-refractivity contribution in [2.75, 3.05) is 11.4 Å². The predicted molar refractivity (Wildman–Crippen MR) is 74.3 cm³/mol. The Bertz CT molecular complexity index is 611. The van der Waals surface area contributed by atoms with Crippen LogP contribution in [0.5, 0.6) is 0 Å². The maximum Gasteiger partial charge on any atom is 0.271 e. The summed E-state index contributed by atoms with van der Waals surface area (Å²) in [5, 5.41) is 10.9. The van der Waals surface area contributed by atoms with E-state index in [2.05, 4.69) is 17.0 Å². The van der Waals surface area contributed by atoms with Crippen LogP contribution < -0.4 is 4.90 Å². The number of hydrogen-bond acceptors (Lipinski definition) is 3. The minimum atomic E-state index is -0.334. The molecular formula is C15H14N2O2. The third-order valence-corrected chi connectivity index (χ3v) is 3.49. The van der Waals surface area contributed by atoms with Crippen LogP contribution in [-0.2, 0) is 13.0 Å². The summed E-state index contributed by atoms with van der Waals surface area (Å²) >= 11 is 0. The Kier molecular flexibility index (Phi) is 2.91. The van der Waals surface area contributed by atoms with Crippen molar-refractivity contribution in [2.24, 2.45) is 0 Å². The van der Waals surface area contributed by atoms with Gasteiger partial charge in [-0.15, -0.1) is 0 Å². The molecule has 1 aliphatic rings. The van der Waals surface area contributed by atoms with Gasteiger partial charge in [-0.3, -0.25) is 10.1 Å². The van der Waals surface area contributed by atoms with Gasteiger partial charge in [0.15, 0.2) is 0 Å². The van der Waals surface area contributed by atoms with Gasteiger partial charge in [-0.05, 0) is 17.5 Å². The normalized spacial score (nSPS) is 13.4. The number of hydrogen-bond donors (Lipinski definition) is 0. The van der Waals surface area contributed by atoms with E-state index in [0.29, 0.717) is 0 Å². The van der Waals surface area contributed by atoms with Gasteiger partial charge < -0.3 is 4.90 Å². The maximum atomic E-state index is 10.9. The molecule has 0 unspecified atom stereocenters. The molecule has 0 aromatic heterocycles. The quantitative estimate of drug-likeness (QED) is 0.624. The highest BCUT2D eigenvalue weighted by Gasteiger charge is 2.21. The van der Waals surface area contributed by atoms with Crippen molar-refractivity contribution in [1.29, 1.82) is 0 Å². The molecule has 0 radical (unpaired) electrons. The zero-order valence-electron chi connectivity index (χ0n) is 10.5. The minimum absolute atomic E-state index is 0.165. The average molecular weight is 254 g/mol. The number of benzene rings is 2. The summed E-state index contributed by atoms with van der Waals surface area (Å²) in [5.41, 5.74) is 3.58. The van der Waals surface area contributed by atoms with Crippen LogP contribution in [0.15, 0.2) is 48.5 Å². The number of non-ortho nitro benzene ring substituents is 1. The van der Waals surface area contributed by atoms with Crippen molar-refractivity contribution in [3.63, 3.8) is 0 Å². The van der Waals surface area contributed by atoms with Crippen molar-refractivity contribution in [3.8, 4) is 0 Å². The predicted octanol–water partition coefficient (Wildman–Crippen LogP) is 3.16. The molecular weight excluding hydrogens is 240 g/mol. The van der Waals surface area contributed by atoms with E-state index < -0.39 is 0 Å². The highest BCUT2D eigenvalue weighted by atomic mass is 16.6. The number of fused-ring (bicyclic) bond motifs is 1. The van der Waals surface area contributed by atoms with Gasteiger partial charge in [0.1, 0.15) is 0 Å². The Morgan fingerprint density at radius 1 is 1.16 bits per heavy atom. The zero-order valence-corrected chi connectivity index (χ0v) is 10.5. The first-order valence-corrected chi connectivity index (χ1v) is 6.30. The second-order valence-corrected chi connectivity index (χ2v) is 4.73. The largest absolute Gasteiger partial charge is 0.366 e. The molecule has 3 rings (SSSR count). The first kappa shape index (κ1) is 11.7. The molecule has 2 aromatic carbocycles. The summed E-state index contributed by atoms with van der Waals surface area (Å²) in [6, 6.07) is 15.3. The third kappa shape index (κ3) is 2.29. The summed E-state index contributed by atoms with van der Waals surface area (Å²) in [6.45, 7) is 1.72. The SMILES string of the molecule is O=[N+]([O-])c1ccc2c(c1)N(Cc1ccccc1)CC2. The lowest BCUT2D eigenvalue weighted by molar-refractivity contribution is -0.384. The number of anilines is 1. The molecule has 0 saturated heterocycles. The molecule has 2 aromatic rings. The molecule has 0 N–H and O–H groups in total. The minimum Gasteiger partial charge on any atom is -0.366 e. The molecule has 0 bridgehead atoms. The lowest BCUT2D eigenvalue weighted by atomic mass is 10.1. The number of nitrogens with zero attached hydrogens (tertiary/aromatic N) is 2. The standard InChI is InChI=1S/C15H14N2O2/c18-17(19)14-7-6-13-8-9-16(15(13)10-14)11-12-4-2-1-3-5-12/h1-7,10H,8-9,11H2. The average Bonchev–Trinajstić information content (AvgIpc) is 2.82. The van der Waals surface area contributed by atoms with Gasteiger partial charge in [-0.2, -0.15) is 0 Å². The van der Waals surface area contributed by atoms with Gasteiger partial charge in [-0.25, -0.2) is 0 Å². The molecule has 0 amide bonds. The molecule has 4 heteroatoms. The van der Waals surface area contributed by atoms with Gasteiger partial charge >= 0.3 is 0 Å². The van der Waals surface area contributed by atoms with Crippen molar-refractivity contribution < 1.29 is 4.92 Å². The van der Waals surface area contributed by atoms with E-state index in [0.717, 1.165) is 25.2 Å². The highest BCUT2D eigenvalue weighted by molar-refractivity contribution is 5.62. The maximum absolute atomic E-state index is 10.9. The molecule has 19 heavy (non-hydrogen) atoms. The van der Waals surface area contributed by atoms with Crippen LogP contribution in [0.1, 0.15) is 11.1 Å². The van der Waals surface area contributed by atoms with Crippen LogP contribution in [0.2, 0.25) is 0 Å². The molecule has 0 atom stereocenters. The number of nitro benzene ring substituents is 1. The fourth-order valence-electron chi connectivity index (χ4n) is 2.52. The molecule has 0 aliphatic carbocycles. The molecule has 0 spiro atoms. The van der Waals surface area contributed by atoms with Gasteiger partial charge in [0.2, 0.25) is 0 Å². The zero-order chi connectivity index (χ0) is 13.2. The van der Waals surface area contributed by atoms with Crippen molar-refractivity contribution in [2.45, 2.75) is 13.0 Å². The van der Waals surface area contributed by atoms with Gasteiger partial charge in [0.25, 0.3) is 5.69 Å². The first-order chi connectivity index (χ1) is 9.24. The Balaban J connectivity index is 1.88. The van der Waals surface area contributed by atoms with Crippen LogP contribution in [0.4, 0.5) is 11.4 Å². The molecule has 1 aliphatic heterocycles. The molecule has 1 heterocycles. The van der Waals surface area contributed by atoms with E-state index in [1.54, 1.807) is 12.1 Å². The van der Waals surface area contributed by atoms with Gasteiger partial charge in [-0.1, -0.05) is 36.4 Å². The Labute approximate surface area is 111 Å². The van der Waals surface area contributed by atoms with E-state index in [4.69, 9.17) is 0 Å². The fourth-order valence-corrected chi connectivity index (χ4v) is 2.52. The van der Waals surface area contributed by atoms with Crippen LogP contribution in [0, 0.1) is 10.1 Å². The van der Waals surface area contributed by atoms with Crippen molar-refractivity contribution in [3.05, 3.63) is 69.8 Å². The van der Waals surface area contributed by atoms with E-state index >= 15 is 0 Å². The van der Waals surface area contributed by atoms with Crippen LogP contribution >= 0.6 is 0 Å². The van der Waals surface area contributed by atoms with Crippen LogP contribution in [0.3, 0.4) is 0 Å². The van der Waals surface area contributed by atoms with Crippen molar-refractivity contribution in [1.82, 2.24) is 0 Å². The van der Waals surface area contributed by atoms with Crippen molar-refractivity contribution >= 4 is 11.4 Å². The monoisotopic (exact) mass is 254 g/mol. The summed E-state index contributed by atoms with van der Waals surface area (Å²) in [7, 11) is 0. The number of rotatable bonds is 3. The molecule has 4 nitrogen and oxygen atoms in total. The van der Waals surface area contributed by atoms with Gasteiger partial charge in [0.05, 0.1) is 4.92 Å². The van der Waals surface area contributed by atoms with Gasteiger partial charge in [0, 0.05) is 30.9 Å². The Morgan fingerprint density at radius 3 is 2.68 bits per heavy atom. The summed E-state index contributed by atoms with van der Waals surface area (Å²) in [4.78, 5) is 12.7. The highest BCUT2D eigenvalue weighted by Crippen LogP contribution is 2.32. The number of nitro groups is 1. The van der Waals surface area contributed by atoms with E-state index in [9.17, 15) is 10.1 Å². The van der Waals surface area contributed by atoms with Crippen LogP contribution in [0.25, 0.3) is 0 Å². The molecule has 96 valence electrons. The topological polar surface area (TPSA) is 46.4 Å². The summed E-state index contributed by atoms with van der Waals surface area (Å²) in [6.07, 6.45) is 0.958. The lowest BCUT2D eigenvalue weighted by Crippen LogP contribution is -2.19. The molecule has 0 fully saturated rings. The second kappa shape index (κ2) is 4.72. The fraction of sp³-hybridized carbons (Fsp3) is 0.200. The van der Waals surface area contributed by atoms with Crippen LogP contribution in [-0.4, -0.2) is 11.5 Å². The van der Waals surface area contributed by atoms with E-state index in [1.807, 2.05) is 24.3 Å². The summed E-state index contributed by atoms with van der Waals surface area (Å²) < 4.78 is 0.